The van der Waals surface area contributed by atoms with E-state index in [1.54, 1.807) is 6.07 Å². The third-order valence-corrected chi connectivity index (χ3v) is 7.08. The van der Waals surface area contributed by atoms with Crippen molar-refractivity contribution in [1.29, 1.82) is 0 Å². The van der Waals surface area contributed by atoms with Gasteiger partial charge in [0.2, 0.25) is 5.91 Å². The summed E-state index contributed by atoms with van der Waals surface area (Å²) in [7, 11) is 1.24. The molecule has 0 saturated carbocycles. The number of carboxylic acid groups (broad SMARTS) is 1. The number of Topliss-reactive ketones (excluding diaryl/α,β-unsaturated/α-hetero) is 2. The summed E-state index contributed by atoms with van der Waals surface area (Å²) in [5.41, 5.74) is 0.810. The summed E-state index contributed by atoms with van der Waals surface area (Å²) in [4.78, 5) is 51.3. The Hall–Kier alpha value is -3.63. The van der Waals surface area contributed by atoms with E-state index in [4.69, 9.17) is 16.3 Å². The molecule has 0 aliphatic carbocycles. The van der Waals surface area contributed by atoms with E-state index < -0.39 is 48.3 Å². The lowest BCUT2D eigenvalue weighted by Gasteiger charge is -2.26. The van der Waals surface area contributed by atoms with Crippen molar-refractivity contribution in [2.24, 2.45) is 0 Å². The van der Waals surface area contributed by atoms with E-state index in [0.717, 1.165) is 4.90 Å². The van der Waals surface area contributed by atoms with Crippen molar-refractivity contribution < 1.29 is 37.8 Å². The molecule has 2 aromatic carbocycles. The number of aromatic nitrogens is 1. The Morgan fingerprint density at radius 1 is 1.18 bits per heavy atom. The fourth-order valence-corrected chi connectivity index (χ4v) is 5.09. The molecule has 1 amide bonds. The van der Waals surface area contributed by atoms with Gasteiger partial charge in [-0.05, 0) is 37.1 Å². The van der Waals surface area contributed by atoms with Gasteiger partial charge in [-0.25, -0.2) is 13.6 Å². The number of aryl methyl sites for hydroxylation is 1. The molecule has 1 aromatic heterocycles. The van der Waals surface area contributed by atoms with Gasteiger partial charge >= 0.3 is 5.97 Å². The second kappa shape index (κ2) is 11.0. The number of methoxy groups -OCH3 is 1. The smallest absolute Gasteiger partial charge is 0.335 e. The lowest BCUT2D eigenvalue weighted by Crippen LogP contribution is -2.47. The molecule has 0 bridgehead atoms. The largest absolute Gasteiger partial charge is 0.478 e. The number of alkyl halides is 1. The highest BCUT2D eigenvalue weighted by atomic mass is 35.5. The summed E-state index contributed by atoms with van der Waals surface area (Å²) in [6, 6.07) is 7.39. The van der Waals surface area contributed by atoms with Gasteiger partial charge in [0.25, 0.3) is 0 Å². The fourth-order valence-electron chi connectivity index (χ4n) is 4.89. The number of carboxylic acids is 1. The molecule has 1 aliphatic rings. The first-order valence-corrected chi connectivity index (χ1v) is 12.2. The topological polar surface area (TPSA) is 106 Å². The van der Waals surface area contributed by atoms with Crippen LogP contribution in [0.1, 0.15) is 39.6 Å². The summed E-state index contributed by atoms with van der Waals surface area (Å²) < 4.78 is 35.8. The maximum absolute atomic E-state index is 14.9. The van der Waals surface area contributed by atoms with Crippen molar-refractivity contribution in [1.82, 2.24) is 9.47 Å². The van der Waals surface area contributed by atoms with Gasteiger partial charge in [0.05, 0.1) is 22.6 Å². The lowest BCUT2D eigenvalue weighted by molar-refractivity contribution is -0.140. The zero-order valence-corrected chi connectivity index (χ0v) is 21.4. The third-order valence-electron chi connectivity index (χ3n) is 6.78. The number of hydrogen-bond acceptors (Lipinski definition) is 5. The molecule has 4 rings (SSSR count). The number of nitrogens with zero attached hydrogens (tertiary/aromatic N) is 2. The zero-order chi connectivity index (χ0) is 27.7. The van der Waals surface area contributed by atoms with Crippen molar-refractivity contribution in [3.05, 3.63) is 70.1 Å². The van der Waals surface area contributed by atoms with Crippen molar-refractivity contribution in [3.8, 4) is 0 Å². The molecule has 0 spiro atoms. The van der Waals surface area contributed by atoms with Crippen LogP contribution in [0, 0.1) is 5.82 Å². The number of carbonyl (C=O) groups is 4. The van der Waals surface area contributed by atoms with Gasteiger partial charge in [-0.2, -0.15) is 0 Å². The van der Waals surface area contributed by atoms with E-state index in [1.807, 2.05) is 0 Å². The van der Waals surface area contributed by atoms with E-state index >= 15 is 0 Å². The van der Waals surface area contributed by atoms with Crippen LogP contribution in [0.15, 0.2) is 42.6 Å². The summed E-state index contributed by atoms with van der Waals surface area (Å²) in [5.74, 6) is -3.23. The molecule has 200 valence electrons. The minimum atomic E-state index is -1.63. The van der Waals surface area contributed by atoms with Gasteiger partial charge in [0.15, 0.2) is 11.6 Å². The van der Waals surface area contributed by atoms with Gasteiger partial charge in [-0.1, -0.05) is 29.8 Å². The highest BCUT2D eigenvalue weighted by Crippen LogP contribution is 2.29. The Labute approximate surface area is 221 Å². The van der Waals surface area contributed by atoms with Gasteiger partial charge in [0.1, 0.15) is 30.7 Å². The van der Waals surface area contributed by atoms with Crippen LogP contribution in [0.2, 0.25) is 5.02 Å². The van der Waals surface area contributed by atoms with Crippen LogP contribution in [0.3, 0.4) is 0 Å². The van der Waals surface area contributed by atoms with Crippen molar-refractivity contribution in [3.63, 3.8) is 0 Å². The molecular weight excluding hydrogens is 522 g/mol. The predicted octanol–water partition coefficient (Wildman–Crippen LogP) is 4.10. The van der Waals surface area contributed by atoms with Crippen molar-refractivity contribution in [2.45, 2.75) is 44.6 Å². The first-order valence-electron chi connectivity index (χ1n) is 11.8. The summed E-state index contributed by atoms with van der Waals surface area (Å²) >= 11 is 5.81. The Morgan fingerprint density at radius 3 is 2.58 bits per heavy atom. The molecule has 2 heterocycles. The molecule has 0 unspecified atom stereocenters. The Morgan fingerprint density at radius 2 is 1.92 bits per heavy atom. The number of hydrogen-bond donors (Lipinski definition) is 1. The van der Waals surface area contributed by atoms with Crippen LogP contribution in [0.5, 0.6) is 0 Å². The van der Waals surface area contributed by atoms with Gasteiger partial charge < -0.3 is 19.3 Å². The van der Waals surface area contributed by atoms with Gasteiger partial charge in [-0.15, -0.1) is 0 Å². The molecule has 38 heavy (non-hydrogen) atoms. The molecule has 1 aliphatic heterocycles. The minimum absolute atomic E-state index is 0.000676. The average molecular weight is 547 g/mol. The van der Waals surface area contributed by atoms with Crippen molar-refractivity contribution >= 4 is 45.9 Å². The number of carbonyl (C=O) groups excluding carboxylic acids is 3. The zero-order valence-electron chi connectivity index (χ0n) is 20.6. The number of ketones is 2. The highest BCUT2D eigenvalue weighted by molar-refractivity contribution is 6.30. The molecule has 8 nitrogen and oxygen atoms in total. The average Bonchev–Trinajstić information content (AvgIpc) is 3.41. The van der Waals surface area contributed by atoms with Crippen LogP contribution >= 0.6 is 11.6 Å². The molecule has 0 radical (unpaired) electrons. The van der Waals surface area contributed by atoms with Gasteiger partial charge in [-0.3, -0.25) is 14.4 Å². The molecule has 11 heteroatoms. The summed E-state index contributed by atoms with van der Waals surface area (Å²) in [6.07, 6.45) is -1.58. The molecule has 1 fully saturated rings. The van der Waals surface area contributed by atoms with Crippen LogP contribution in [-0.4, -0.2) is 70.0 Å². The van der Waals surface area contributed by atoms with Crippen LogP contribution in [0.4, 0.5) is 8.78 Å². The van der Waals surface area contributed by atoms with Crippen LogP contribution < -0.4 is 0 Å². The standard InChI is InChI=1S/C27H25ClF2N2O6/c1-14(33)18-11-31(21-10-16(27(36)37)6-8-17(18)21)13-23(35)32-12-20(29)26(38-2)25(32)22(34)9-7-15-4-3-5-19(28)24(15)30/h3-6,8,10-11,20,25-26H,7,9,12-13H2,1-2H3,(H,36,37)/t20-,25+,26+/m0/s1. The van der Waals surface area contributed by atoms with Gasteiger partial charge in [0, 0.05) is 30.7 Å². The third kappa shape index (κ3) is 5.19. The SMILES string of the molecule is CO[C@H]1[C@@H](C(=O)CCc2cccc(Cl)c2F)N(C(=O)Cn2cc(C(C)=O)c3ccc(C(=O)O)cc32)C[C@@H]1F. The number of rotatable bonds is 9. The maximum Gasteiger partial charge on any atom is 0.335 e. The monoisotopic (exact) mass is 546 g/mol. The second-order valence-electron chi connectivity index (χ2n) is 9.15. The van der Waals surface area contributed by atoms with Crippen molar-refractivity contribution in [2.75, 3.05) is 13.7 Å². The molecule has 3 atom stereocenters. The van der Waals surface area contributed by atoms with Crippen LogP contribution in [0.25, 0.3) is 10.9 Å². The quantitative estimate of drug-likeness (QED) is 0.405. The predicted molar refractivity (Wildman–Crippen MR) is 135 cm³/mol. The normalized spacial score (nSPS) is 19.2. The van der Waals surface area contributed by atoms with E-state index in [0.29, 0.717) is 16.5 Å². The summed E-state index contributed by atoms with van der Waals surface area (Å²) in [5, 5.41) is 9.76. The number of halogens is 3. The number of ether oxygens (including phenoxy) is 1. The molecular formula is C27H25ClF2N2O6. The number of likely N-dealkylation sites (tertiary alicyclic amines) is 1. The first-order chi connectivity index (χ1) is 18.0. The number of fused-ring (bicyclic) bond motifs is 1. The number of benzene rings is 2. The first kappa shape index (κ1) is 27.4. The number of aromatic carboxylic acids is 1. The fraction of sp³-hybridized carbons (Fsp3) is 0.333. The summed E-state index contributed by atoms with van der Waals surface area (Å²) in [6.45, 7) is 0.585. The van der Waals surface area contributed by atoms with E-state index in [2.05, 4.69) is 0 Å². The second-order valence-corrected chi connectivity index (χ2v) is 9.56. The molecule has 1 N–H and O–H groups in total. The maximum atomic E-state index is 14.9. The molecule has 1 saturated heterocycles. The Balaban J connectivity index is 1.61. The highest BCUT2D eigenvalue weighted by Gasteiger charge is 2.48. The number of amides is 1. The Kier molecular flexibility index (Phi) is 7.94. The lowest BCUT2D eigenvalue weighted by atomic mass is 9.99. The van der Waals surface area contributed by atoms with E-state index in [1.165, 1.54) is 55.1 Å². The van der Waals surface area contributed by atoms with E-state index in [-0.39, 0.29) is 41.3 Å². The minimum Gasteiger partial charge on any atom is -0.478 e. The van der Waals surface area contributed by atoms with Crippen LogP contribution in [-0.2, 0) is 27.3 Å². The molecule has 3 aromatic rings. The van der Waals surface area contributed by atoms with E-state index in [9.17, 15) is 33.1 Å². The Bertz CT molecular complexity index is 1440.